The topological polar surface area (TPSA) is 83.8 Å². The minimum Gasteiger partial charge on any atom is -0.318 e. The monoisotopic (exact) mass is 470 g/mol. The third kappa shape index (κ3) is 5.48. The highest BCUT2D eigenvalue weighted by molar-refractivity contribution is 7.92. The van der Waals surface area contributed by atoms with E-state index in [1.54, 1.807) is 0 Å². The van der Waals surface area contributed by atoms with Crippen molar-refractivity contribution in [2.24, 2.45) is 5.10 Å². The normalized spacial score (nSPS) is 11.7. The Bertz CT molecular complexity index is 1330. The third-order valence-corrected chi connectivity index (χ3v) is 6.55. The molecule has 0 spiro atoms. The van der Waals surface area contributed by atoms with Gasteiger partial charge in [-0.1, -0.05) is 18.2 Å². The number of aromatic nitrogens is 1. The number of hydrogen-bond acceptors (Lipinski definition) is 4. The Morgan fingerprint density at radius 1 is 1.09 bits per heavy atom. The average molecular weight is 471 g/mol. The highest BCUT2D eigenvalue weighted by Gasteiger charge is 2.23. The maximum atomic E-state index is 14.1. The van der Waals surface area contributed by atoms with Crippen LogP contribution in [0, 0.1) is 33.5 Å². The van der Waals surface area contributed by atoms with Crippen molar-refractivity contribution in [2.45, 2.75) is 27.7 Å². The van der Waals surface area contributed by atoms with E-state index in [1.807, 2.05) is 26.0 Å². The zero-order valence-electron chi connectivity index (χ0n) is 19.3. The lowest BCUT2D eigenvalue weighted by Crippen LogP contribution is -2.39. The molecule has 2 aromatic carbocycles. The lowest BCUT2D eigenvalue weighted by atomic mass is 10.1. The van der Waals surface area contributed by atoms with Gasteiger partial charge in [0.1, 0.15) is 12.4 Å². The molecule has 1 aromatic heterocycles. The van der Waals surface area contributed by atoms with Crippen LogP contribution in [0.5, 0.6) is 0 Å². The van der Waals surface area contributed by atoms with Gasteiger partial charge in [0, 0.05) is 22.6 Å². The number of carbonyl (C=O) groups excluding carboxylic acids is 1. The molecule has 0 unspecified atom stereocenters. The van der Waals surface area contributed by atoms with Gasteiger partial charge >= 0.3 is 0 Å². The first-order valence-electron chi connectivity index (χ1n) is 10.3. The fraction of sp³-hybridized carbons (Fsp3) is 0.250. The quantitative estimate of drug-likeness (QED) is 0.422. The minimum absolute atomic E-state index is 0.198. The average Bonchev–Trinajstić information content (AvgIpc) is 3.01. The van der Waals surface area contributed by atoms with E-state index in [1.165, 1.54) is 35.5 Å². The van der Waals surface area contributed by atoms with Crippen LogP contribution in [0.15, 0.2) is 53.6 Å². The fourth-order valence-corrected chi connectivity index (χ4v) is 4.41. The number of sulfonamides is 1. The summed E-state index contributed by atoms with van der Waals surface area (Å²) in [5.74, 6) is -1.43. The minimum atomic E-state index is -3.88. The maximum absolute atomic E-state index is 14.1. The number of hydrogen-bond donors (Lipinski definition) is 1. The first-order chi connectivity index (χ1) is 15.5. The molecule has 33 heavy (non-hydrogen) atoms. The van der Waals surface area contributed by atoms with E-state index in [4.69, 9.17) is 0 Å². The number of benzene rings is 2. The number of hydrazone groups is 1. The predicted molar refractivity (Wildman–Crippen MR) is 129 cm³/mol. The lowest BCUT2D eigenvalue weighted by molar-refractivity contribution is -0.119. The van der Waals surface area contributed by atoms with E-state index in [0.717, 1.165) is 35.0 Å². The SMILES string of the molecule is Cc1ccc(-n2c(C)cc(/C=N\NC(=O)CN(c3ccccc3F)S(C)(=O)=O)c2C)cc1C. The van der Waals surface area contributed by atoms with Gasteiger partial charge in [0.15, 0.2) is 0 Å². The Kier molecular flexibility index (Phi) is 7.02. The summed E-state index contributed by atoms with van der Waals surface area (Å²) in [7, 11) is -3.88. The van der Waals surface area contributed by atoms with Gasteiger partial charge < -0.3 is 4.57 Å². The van der Waals surface area contributed by atoms with Gasteiger partial charge in [-0.15, -0.1) is 0 Å². The highest BCUT2D eigenvalue weighted by atomic mass is 32.2. The molecule has 1 N–H and O–H groups in total. The molecule has 0 saturated carbocycles. The van der Waals surface area contributed by atoms with Crippen LogP contribution in [0.4, 0.5) is 10.1 Å². The van der Waals surface area contributed by atoms with E-state index in [0.29, 0.717) is 4.31 Å². The summed E-state index contributed by atoms with van der Waals surface area (Å²) in [6.07, 6.45) is 2.42. The van der Waals surface area contributed by atoms with Crippen LogP contribution in [0.3, 0.4) is 0 Å². The second-order valence-corrected chi connectivity index (χ2v) is 9.85. The molecule has 1 amide bonds. The number of carbonyl (C=O) groups is 1. The molecule has 7 nitrogen and oxygen atoms in total. The standard InChI is InChI=1S/C24H27FN4O3S/c1-16-10-11-21(12-17(16)2)29-18(3)13-20(19(29)4)14-26-27-24(30)15-28(33(5,31)32)23-9-7-6-8-22(23)25/h6-14H,15H2,1-5H3,(H,27,30)/b26-14-. The van der Waals surface area contributed by atoms with Crippen molar-refractivity contribution in [1.29, 1.82) is 0 Å². The summed E-state index contributed by atoms with van der Waals surface area (Å²) in [6.45, 7) is 7.46. The van der Waals surface area contributed by atoms with Gasteiger partial charge in [-0.3, -0.25) is 9.10 Å². The van der Waals surface area contributed by atoms with Gasteiger partial charge in [0.25, 0.3) is 5.91 Å². The molecule has 0 aliphatic carbocycles. The van der Waals surface area contributed by atoms with E-state index in [9.17, 15) is 17.6 Å². The summed E-state index contributed by atoms with van der Waals surface area (Å²) in [5.41, 5.74) is 8.32. The largest absolute Gasteiger partial charge is 0.318 e. The van der Waals surface area contributed by atoms with E-state index in [-0.39, 0.29) is 5.69 Å². The Labute approximate surface area is 193 Å². The first kappa shape index (κ1) is 24.2. The Hall–Kier alpha value is -3.46. The summed E-state index contributed by atoms with van der Waals surface area (Å²) in [6, 6.07) is 13.6. The van der Waals surface area contributed by atoms with Crippen molar-refractivity contribution in [3.63, 3.8) is 0 Å². The number of nitrogens with zero attached hydrogens (tertiary/aromatic N) is 3. The molecule has 0 atom stereocenters. The van der Waals surface area contributed by atoms with Gasteiger partial charge in [0.05, 0.1) is 18.2 Å². The van der Waals surface area contributed by atoms with Crippen LogP contribution >= 0.6 is 0 Å². The molecule has 0 fully saturated rings. The van der Waals surface area contributed by atoms with E-state index in [2.05, 4.69) is 41.1 Å². The van der Waals surface area contributed by atoms with Gasteiger partial charge in [-0.05, 0) is 69.2 Å². The van der Waals surface area contributed by atoms with Crippen LogP contribution < -0.4 is 9.73 Å². The molecule has 0 radical (unpaired) electrons. The van der Waals surface area contributed by atoms with Crippen LogP contribution in [0.25, 0.3) is 5.69 Å². The van der Waals surface area contributed by atoms with Crippen molar-refractivity contribution in [3.05, 3.63) is 82.4 Å². The molecule has 1 heterocycles. The Morgan fingerprint density at radius 2 is 1.79 bits per heavy atom. The Balaban J connectivity index is 1.76. The van der Waals surface area contributed by atoms with Crippen molar-refractivity contribution in [2.75, 3.05) is 17.1 Å². The second kappa shape index (κ2) is 9.58. The van der Waals surface area contributed by atoms with Crippen molar-refractivity contribution in [1.82, 2.24) is 9.99 Å². The summed E-state index contributed by atoms with van der Waals surface area (Å²) in [5, 5.41) is 3.98. The van der Waals surface area contributed by atoms with Crippen molar-refractivity contribution < 1.29 is 17.6 Å². The molecule has 0 aliphatic heterocycles. The van der Waals surface area contributed by atoms with E-state index < -0.39 is 28.3 Å². The Morgan fingerprint density at radius 3 is 2.42 bits per heavy atom. The summed E-state index contributed by atoms with van der Waals surface area (Å²) < 4.78 is 41.1. The van der Waals surface area contributed by atoms with Crippen LogP contribution in [-0.2, 0) is 14.8 Å². The molecule has 3 aromatic rings. The zero-order valence-corrected chi connectivity index (χ0v) is 20.1. The third-order valence-electron chi connectivity index (χ3n) is 5.42. The number of anilines is 1. The smallest absolute Gasteiger partial charge is 0.260 e. The summed E-state index contributed by atoms with van der Waals surface area (Å²) >= 11 is 0. The van der Waals surface area contributed by atoms with Gasteiger partial charge in [0.2, 0.25) is 10.0 Å². The van der Waals surface area contributed by atoms with Gasteiger partial charge in [-0.25, -0.2) is 18.2 Å². The molecule has 3 rings (SSSR count). The number of halogens is 1. The summed E-state index contributed by atoms with van der Waals surface area (Å²) in [4.78, 5) is 12.4. The van der Waals surface area contributed by atoms with Crippen LogP contribution in [-0.4, -0.2) is 37.9 Å². The molecule has 9 heteroatoms. The van der Waals surface area contributed by atoms with Crippen LogP contribution in [0.1, 0.15) is 28.1 Å². The van der Waals surface area contributed by atoms with Crippen LogP contribution in [0.2, 0.25) is 0 Å². The van der Waals surface area contributed by atoms with E-state index >= 15 is 0 Å². The molecule has 0 aliphatic rings. The number of amides is 1. The second-order valence-electron chi connectivity index (χ2n) is 7.94. The fourth-order valence-electron chi connectivity index (χ4n) is 3.55. The molecule has 0 bridgehead atoms. The highest BCUT2D eigenvalue weighted by Crippen LogP contribution is 2.22. The predicted octanol–water partition coefficient (Wildman–Crippen LogP) is 3.77. The molecule has 174 valence electrons. The first-order valence-corrected chi connectivity index (χ1v) is 12.1. The number of para-hydroxylation sites is 1. The molecule has 0 saturated heterocycles. The zero-order chi connectivity index (χ0) is 24.3. The molecular formula is C24H27FN4O3S. The maximum Gasteiger partial charge on any atom is 0.260 e. The number of nitrogens with one attached hydrogen (secondary N) is 1. The number of aryl methyl sites for hydroxylation is 3. The van der Waals surface area contributed by atoms with Crippen molar-refractivity contribution >= 4 is 27.8 Å². The number of rotatable bonds is 7. The van der Waals surface area contributed by atoms with Gasteiger partial charge in [-0.2, -0.15) is 5.10 Å². The van der Waals surface area contributed by atoms with Crippen molar-refractivity contribution in [3.8, 4) is 5.69 Å². The lowest BCUT2D eigenvalue weighted by Gasteiger charge is -2.21. The molecular weight excluding hydrogens is 443 g/mol.